The molecule has 0 aromatic heterocycles. The highest BCUT2D eigenvalue weighted by molar-refractivity contribution is 6.31. The number of nitrogens with one attached hydrogen (secondary N) is 1. The number of hydrogen-bond acceptors (Lipinski definition) is 2. The first-order valence-corrected chi connectivity index (χ1v) is 6.87. The van der Waals surface area contributed by atoms with Gasteiger partial charge in [-0.2, -0.15) is 0 Å². The monoisotopic (exact) mass is 275 g/mol. The maximum Gasteiger partial charge on any atom is 0.121 e. The Bertz CT molecular complexity index is 528. The molecule has 0 aliphatic rings. The fourth-order valence-corrected chi connectivity index (χ4v) is 1.96. The Hall–Kier alpha value is -1.67. The van der Waals surface area contributed by atoms with E-state index in [1.165, 1.54) is 0 Å². The molecule has 0 saturated carbocycles. The van der Waals surface area contributed by atoms with E-state index in [-0.39, 0.29) is 0 Å². The summed E-state index contributed by atoms with van der Waals surface area (Å²) in [6.07, 6.45) is 1.01. The van der Waals surface area contributed by atoms with Crippen molar-refractivity contribution in [1.82, 2.24) is 0 Å². The smallest absolute Gasteiger partial charge is 0.121 e. The number of hydrogen-bond donors (Lipinski definition) is 1. The molecule has 0 radical (unpaired) electrons. The van der Waals surface area contributed by atoms with Crippen LogP contribution in [0.15, 0.2) is 48.5 Å². The highest BCUT2D eigenvalue weighted by atomic mass is 35.5. The van der Waals surface area contributed by atoms with Gasteiger partial charge in [-0.1, -0.05) is 42.8 Å². The van der Waals surface area contributed by atoms with Crippen LogP contribution >= 0.6 is 11.6 Å². The van der Waals surface area contributed by atoms with Gasteiger partial charge in [-0.15, -0.1) is 0 Å². The summed E-state index contributed by atoms with van der Waals surface area (Å²) in [4.78, 5) is 0. The van der Waals surface area contributed by atoms with Gasteiger partial charge in [-0.3, -0.25) is 0 Å². The first-order valence-electron chi connectivity index (χ1n) is 6.49. The lowest BCUT2D eigenvalue weighted by Gasteiger charge is -2.10. The van der Waals surface area contributed by atoms with Gasteiger partial charge in [0.15, 0.2) is 0 Å². The summed E-state index contributed by atoms with van der Waals surface area (Å²) in [5.41, 5.74) is 2.12. The molecule has 0 unspecified atom stereocenters. The Morgan fingerprint density at radius 1 is 1.11 bits per heavy atom. The largest absolute Gasteiger partial charge is 0.494 e. The first-order chi connectivity index (χ1) is 9.29. The third-order valence-electron chi connectivity index (χ3n) is 2.75. The number of anilines is 1. The van der Waals surface area contributed by atoms with Crippen molar-refractivity contribution in [1.29, 1.82) is 0 Å². The summed E-state index contributed by atoms with van der Waals surface area (Å²) < 4.78 is 5.61. The number of benzene rings is 2. The van der Waals surface area contributed by atoms with E-state index in [1.54, 1.807) is 0 Å². The minimum Gasteiger partial charge on any atom is -0.494 e. The van der Waals surface area contributed by atoms with Crippen LogP contribution in [-0.4, -0.2) is 6.61 Å². The highest BCUT2D eigenvalue weighted by Gasteiger charge is 2.00. The molecule has 3 heteroatoms. The molecular formula is C16H18ClNO. The number of halogens is 1. The summed E-state index contributed by atoms with van der Waals surface area (Å²) in [6, 6.07) is 15.8. The minimum absolute atomic E-state index is 0.705. The van der Waals surface area contributed by atoms with Crippen molar-refractivity contribution >= 4 is 17.3 Å². The topological polar surface area (TPSA) is 21.3 Å². The standard InChI is InChI=1S/C16H18ClNO/c1-2-10-19-15-8-5-7-14(11-15)18-12-13-6-3-4-9-16(13)17/h3-9,11,18H,2,10,12H2,1H3. The van der Waals surface area contributed by atoms with E-state index in [0.717, 1.165) is 35.1 Å². The lowest BCUT2D eigenvalue weighted by atomic mass is 10.2. The summed E-state index contributed by atoms with van der Waals surface area (Å²) in [6.45, 7) is 3.55. The Balaban J connectivity index is 1.98. The van der Waals surface area contributed by atoms with Crippen molar-refractivity contribution in [2.24, 2.45) is 0 Å². The average Bonchev–Trinajstić information content (AvgIpc) is 2.45. The molecule has 0 aliphatic heterocycles. The van der Waals surface area contributed by atoms with Crippen LogP contribution in [0, 0.1) is 0 Å². The molecule has 2 nitrogen and oxygen atoms in total. The Kier molecular flexibility index (Phi) is 5.10. The van der Waals surface area contributed by atoms with Gasteiger partial charge < -0.3 is 10.1 Å². The van der Waals surface area contributed by atoms with Crippen molar-refractivity contribution in [2.45, 2.75) is 19.9 Å². The van der Waals surface area contributed by atoms with Gasteiger partial charge >= 0.3 is 0 Å². The quantitative estimate of drug-likeness (QED) is 0.822. The molecule has 1 N–H and O–H groups in total. The van der Waals surface area contributed by atoms with Crippen LogP contribution in [0.3, 0.4) is 0 Å². The van der Waals surface area contributed by atoms with Crippen LogP contribution in [0.4, 0.5) is 5.69 Å². The van der Waals surface area contributed by atoms with Gasteiger partial charge in [0, 0.05) is 23.3 Å². The molecule has 19 heavy (non-hydrogen) atoms. The number of ether oxygens (including phenoxy) is 1. The molecule has 0 atom stereocenters. The van der Waals surface area contributed by atoms with Crippen LogP contribution in [0.5, 0.6) is 5.75 Å². The van der Waals surface area contributed by atoms with Crippen LogP contribution in [-0.2, 0) is 6.54 Å². The minimum atomic E-state index is 0.705. The molecule has 0 amide bonds. The van der Waals surface area contributed by atoms with E-state index in [2.05, 4.69) is 12.2 Å². The molecule has 100 valence electrons. The molecule has 0 heterocycles. The summed E-state index contributed by atoms with van der Waals surface area (Å²) >= 11 is 6.13. The van der Waals surface area contributed by atoms with E-state index >= 15 is 0 Å². The zero-order valence-corrected chi connectivity index (χ0v) is 11.8. The summed E-state index contributed by atoms with van der Waals surface area (Å²) in [5, 5.41) is 4.14. The molecule has 0 bridgehead atoms. The van der Waals surface area contributed by atoms with Crippen LogP contribution in [0.25, 0.3) is 0 Å². The average molecular weight is 276 g/mol. The SMILES string of the molecule is CCCOc1cccc(NCc2ccccc2Cl)c1. The van der Waals surface area contributed by atoms with Crippen molar-refractivity contribution < 1.29 is 4.74 Å². The molecule has 0 aliphatic carbocycles. The van der Waals surface area contributed by atoms with Gasteiger partial charge in [0.25, 0.3) is 0 Å². The maximum absolute atomic E-state index is 6.13. The van der Waals surface area contributed by atoms with E-state index in [1.807, 2.05) is 48.5 Å². The molecule has 0 fully saturated rings. The van der Waals surface area contributed by atoms with Crippen molar-refractivity contribution in [3.05, 3.63) is 59.1 Å². The lowest BCUT2D eigenvalue weighted by Crippen LogP contribution is -2.01. The highest BCUT2D eigenvalue weighted by Crippen LogP contribution is 2.20. The van der Waals surface area contributed by atoms with E-state index in [9.17, 15) is 0 Å². The van der Waals surface area contributed by atoms with Gasteiger partial charge in [0.1, 0.15) is 5.75 Å². The summed E-state index contributed by atoms with van der Waals surface area (Å²) in [5.74, 6) is 0.894. The van der Waals surface area contributed by atoms with Gasteiger partial charge in [-0.05, 0) is 30.2 Å². The van der Waals surface area contributed by atoms with Crippen molar-refractivity contribution in [2.75, 3.05) is 11.9 Å². The van der Waals surface area contributed by atoms with Gasteiger partial charge in [0.05, 0.1) is 6.61 Å². The second-order valence-corrected chi connectivity index (χ2v) is 4.73. The van der Waals surface area contributed by atoms with E-state index in [4.69, 9.17) is 16.3 Å². The van der Waals surface area contributed by atoms with E-state index in [0.29, 0.717) is 6.54 Å². The van der Waals surface area contributed by atoms with Gasteiger partial charge in [0.2, 0.25) is 0 Å². The molecule has 0 spiro atoms. The summed E-state index contributed by atoms with van der Waals surface area (Å²) in [7, 11) is 0. The number of rotatable bonds is 6. The Morgan fingerprint density at radius 3 is 2.74 bits per heavy atom. The van der Waals surface area contributed by atoms with Crippen molar-refractivity contribution in [3.8, 4) is 5.75 Å². The third kappa shape index (κ3) is 4.18. The molecule has 2 aromatic rings. The van der Waals surface area contributed by atoms with Crippen LogP contribution < -0.4 is 10.1 Å². The molecular weight excluding hydrogens is 258 g/mol. The molecule has 2 aromatic carbocycles. The zero-order chi connectivity index (χ0) is 13.5. The maximum atomic E-state index is 6.13. The fourth-order valence-electron chi connectivity index (χ4n) is 1.75. The third-order valence-corrected chi connectivity index (χ3v) is 3.12. The second kappa shape index (κ2) is 7.05. The van der Waals surface area contributed by atoms with Crippen molar-refractivity contribution in [3.63, 3.8) is 0 Å². The normalized spacial score (nSPS) is 10.2. The van der Waals surface area contributed by atoms with Crippen LogP contribution in [0.2, 0.25) is 5.02 Å². The Morgan fingerprint density at radius 2 is 1.95 bits per heavy atom. The molecule has 0 saturated heterocycles. The Labute approximate surface area is 119 Å². The van der Waals surface area contributed by atoms with Crippen LogP contribution in [0.1, 0.15) is 18.9 Å². The fraction of sp³-hybridized carbons (Fsp3) is 0.250. The first kappa shape index (κ1) is 13.8. The lowest BCUT2D eigenvalue weighted by molar-refractivity contribution is 0.317. The van der Waals surface area contributed by atoms with E-state index < -0.39 is 0 Å². The second-order valence-electron chi connectivity index (χ2n) is 4.32. The predicted molar refractivity (Wildman–Crippen MR) is 81.0 cm³/mol. The zero-order valence-electron chi connectivity index (χ0n) is 11.0. The van der Waals surface area contributed by atoms with Gasteiger partial charge in [-0.25, -0.2) is 0 Å². The predicted octanol–water partition coefficient (Wildman–Crippen LogP) is 4.74. The molecule has 2 rings (SSSR count).